The molecule has 0 saturated carbocycles. The van der Waals surface area contributed by atoms with E-state index in [-0.39, 0.29) is 16.6 Å². The number of allylic oxidation sites excluding steroid dienone is 6. The molecule has 1 unspecified atom stereocenters. The summed E-state index contributed by atoms with van der Waals surface area (Å²) in [5.74, 6) is 0. The minimum absolute atomic E-state index is 0.0800. The van der Waals surface area contributed by atoms with Crippen molar-refractivity contribution >= 4 is 34.7 Å². The Hall–Kier alpha value is -1.62. The van der Waals surface area contributed by atoms with Gasteiger partial charge in [-0.1, -0.05) is 59.6 Å². The maximum absolute atomic E-state index is 12.4. The van der Waals surface area contributed by atoms with Crippen molar-refractivity contribution in [1.82, 2.24) is 8.94 Å². The van der Waals surface area contributed by atoms with Crippen molar-refractivity contribution in [2.24, 2.45) is 0 Å². The molecule has 1 atom stereocenters. The van der Waals surface area contributed by atoms with E-state index in [9.17, 15) is 4.79 Å². The van der Waals surface area contributed by atoms with Gasteiger partial charge >= 0.3 is 0 Å². The predicted octanol–water partition coefficient (Wildman–Crippen LogP) is 4.84. The van der Waals surface area contributed by atoms with Crippen LogP contribution in [-0.4, -0.2) is 8.94 Å². The minimum Gasteiger partial charge on any atom is -0.267 e. The predicted molar refractivity (Wildman–Crippen MR) is 96.6 cm³/mol. The van der Waals surface area contributed by atoms with E-state index < -0.39 is 0 Å². The fourth-order valence-corrected chi connectivity index (χ4v) is 3.81. The molecule has 1 aliphatic carbocycles. The van der Waals surface area contributed by atoms with Gasteiger partial charge in [-0.15, -0.1) is 0 Å². The Morgan fingerprint density at radius 1 is 1.30 bits per heavy atom. The molecular formula is C17H14Cl2N2OS. The maximum atomic E-state index is 12.4. The molecule has 0 N–H and O–H groups in total. The molecule has 3 nitrogen and oxygen atoms in total. The number of hydrogen-bond acceptors (Lipinski definition) is 3. The average Bonchev–Trinajstić information content (AvgIpc) is 2.79. The Balaban J connectivity index is 2.06. The van der Waals surface area contributed by atoms with Crippen LogP contribution in [0.5, 0.6) is 0 Å². The Bertz CT molecular complexity index is 834. The van der Waals surface area contributed by atoms with Gasteiger partial charge in [0.15, 0.2) is 0 Å². The Kier molecular flexibility index (Phi) is 5.16. The largest absolute Gasteiger partial charge is 0.281 e. The van der Waals surface area contributed by atoms with Crippen LogP contribution in [0.3, 0.4) is 0 Å². The zero-order chi connectivity index (χ0) is 16.2. The summed E-state index contributed by atoms with van der Waals surface area (Å²) >= 11 is 13.2. The van der Waals surface area contributed by atoms with E-state index in [1.807, 2.05) is 36.4 Å². The molecule has 0 aromatic carbocycles. The zero-order valence-corrected chi connectivity index (χ0v) is 14.5. The van der Waals surface area contributed by atoms with Crippen LogP contribution in [0.4, 0.5) is 0 Å². The van der Waals surface area contributed by atoms with Gasteiger partial charge in [-0.2, -0.15) is 0 Å². The first-order chi connectivity index (χ1) is 11.2. The molecule has 0 radical (unpaired) electrons. The van der Waals surface area contributed by atoms with E-state index in [4.69, 9.17) is 23.2 Å². The number of halogens is 2. The van der Waals surface area contributed by atoms with Gasteiger partial charge in [-0.3, -0.25) is 13.7 Å². The normalized spacial score (nSPS) is 15.3. The van der Waals surface area contributed by atoms with Crippen LogP contribution < -0.4 is 5.56 Å². The van der Waals surface area contributed by atoms with Crippen LogP contribution >= 0.6 is 34.7 Å². The summed E-state index contributed by atoms with van der Waals surface area (Å²) in [4.78, 5) is 16.8. The topological polar surface area (TPSA) is 34.9 Å². The molecule has 23 heavy (non-hydrogen) atoms. The van der Waals surface area contributed by atoms with Gasteiger partial charge in [-0.05, 0) is 35.7 Å². The number of pyridine rings is 1. The lowest BCUT2D eigenvalue weighted by Crippen LogP contribution is -2.22. The maximum Gasteiger partial charge on any atom is 0.281 e. The number of rotatable bonds is 4. The first kappa shape index (κ1) is 16.2. The molecule has 0 bridgehead atoms. The van der Waals surface area contributed by atoms with Gasteiger partial charge in [0, 0.05) is 18.3 Å². The SMILES string of the molecule is O=c1c(Cl)c(Cl)sn1C(Cc1ccccn1)C1=CC=CCC=C1. The summed E-state index contributed by atoms with van der Waals surface area (Å²) in [5, 5.41) is 0.0800. The second-order valence-corrected chi connectivity index (χ2v) is 7.05. The summed E-state index contributed by atoms with van der Waals surface area (Å²) in [6, 6.07) is 5.57. The molecule has 2 aromatic rings. The average molecular weight is 365 g/mol. The Labute approximate surface area is 148 Å². The quantitative estimate of drug-likeness (QED) is 0.777. The Morgan fingerprint density at radius 2 is 2.17 bits per heavy atom. The van der Waals surface area contributed by atoms with E-state index in [1.54, 1.807) is 10.2 Å². The highest BCUT2D eigenvalue weighted by molar-refractivity contribution is 7.12. The Morgan fingerprint density at radius 3 is 2.87 bits per heavy atom. The number of nitrogens with zero attached hydrogens (tertiary/aromatic N) is 2. The minimum atomic E-state index is -0.259. The second kappa shape index (κ2) is 7.30. The highest BCUT2D eigenvalue weighted by atomic mass is 35.5. The lowest BCUT2D eigenvalue weighted by molar-refractivity contribution is 0.601. The van der Waals surface area contributed by atoms with E-state index in [2.05, 4.69) is 17.1 Å². The summed E-state index contributed by atoms with van der Waals surface area (Å²) in [5.41, 5.74) is 1.68. The first-order valence-corrected chi connectivity index (χ1v) is 8.69. The molecule has 2 heterocycles. The van der Waals surface area contributed by atoms with Crippen molar-refractivity contribution in [2.45, 2.75) is 18.9 Å². The molecule has 0 spiro atoms. The lowest BCUT2D eigenvalue weighted by Gasteiger charge is -2.18. The van der Waals surface area contributed by atoms with Gasteiger partial charge in [-0.25, -0.2) is 0 Å². The van der Waals surface area contributed by atoms with Crippen LogP contribution in [0.2, 0.25) is 9.36 Å². The third-order valence-corrected chi connectivity index (χ3v) is 5.48. The van der Waals surface area contributed by atoms with Crippen LogP contribution in [0.15, 0.2) is 65.1 Å². The van der Waals surface area contributed by atoms with Crippen molar-refractivity contribution in [1.29, 1.82) is 0 Å². The summed E-state index contributed by atoms with van der Waals surface area (Å²) in [7, 11) is 0. The first-order valence-electron chi connectivity index (χ1n) is 7.17. The van der Waals surface area contributed by atoms with E-state index in [0.29, 0.717) is 10.8 Å². The van der Waals surface area contributed by atoms with Crippen molar-refractivity contribution in [3.05, 3.63) is 85.8 Å². The van der Waals surface area contributed by atoms with E-state index in [1.165, 1.54) is 11.5 Å². The van der Waals surface area contributed by atoms with E-state index in [0.717, 1.165) is 17.7 Å². The standard InChI is InChI=1S/C17H14Cl2N2OS/c18-15-16(19)23-21(17(15)22)14(11-13-9-5-6-10-20-13)12-7-3-1-2-4-8-12/h1,3-10,14H,2,11H2. The molecule has 0 amide bonds. The van der Waals surface area contributed by atoms with Crippen molar-refractivity contribution in [3.63, 3.8) is 0 Å². The smallest absolute Gasteiger partial charge is 0.267 e. The van der Waals surface area contributed by atoms with Gasteiger partial charge in [0.2, 0.25) is 0 Å². The molecule has 0 aliphatic heterocycles. The third-order valence-electron chi connectivity index (χ3n) is 3.54. The monoisotopic (exact) mass is 364 g/mol. The van der Waals surface area contributed by atoms with Gasteiger partial charge in [0.25, 0.3) is 5.56 Å². The van der Waals surface area contributed by atoms with Gasteiger partial charge in [0.05, 0.1) is 6.04 Å². The van der Waals surface area contributed by atoms with Gasteiger partial charge in [0.1, 0.15) is 9.36 Å². The molecule has 2 aromatic heterocycles. The fraction of sp³-hybridized carbons (Fsp3) is 0.176. The van der Waals surface area contributed by atoms with Crippen LogP contribution in [0.25, 0.3) is 0 Å². The lowest BCUT2D eigenvalue weighted by atomic mass is 10.0. The summed E-state index contributed by atoms with van der Waals surface area (Å²) in [6.45, 7) is 0. The fourth-order valence-electron chi connectivity index (χ4n) is 2.43. The van der Waals surface area contributed by atoms with E-state index >= 15 is 0 Å². The second-order valence-electron chi connectivity index (χ2n) is 5.08. The van der Waals surface area contributed by atoms with Crippen molar-refractivity contribution in [3.8, 4) is 0 Å². The molecule has 3 rings (SSSR count). The van der Waals surface area contributed by atoms with Crippen molar-refractivity contribution in [2.75, 3.05) is 0 Å². The molecule has 0 fully saturated rings. The molecule has 0 saturated heterocycles. The van der Waals surface area contributed by atoms with Crippen LogP contribution in [0.1, 0.15) is 18.2 Å². The molecule has 118 valence electrons. The molecule has 1 aliphatic rings. The number of hydrogen-bond donors (Lipinski definition) is 0. The summed E-state index contributed by atoms with van der Waals surface area (Å²) in [6.07, 6.45) is 13.4. The third kappa shape index (κ3) is 3.66. The van der Waals surface area contributed by atoms with Crippen LogP contribution in [0, 0.1) is 0 Å². The highest BCUT2D eigenvalue weighted by Gasteiger charge is 2.22. The summed E-state index contributed by atoms with van der Waals surface area (Å²) < 4.78 is 1.95. The molecule has 6 heteroatoms. The highest BCUT2D eigenvalue weighted by Crippen LogP contribution is 2.31. The zero-order valence-electron chi connectivity index (χ0n) is 12.2. The van der Waals surface area contributed by atoms with Gasteiger partial charge < -0.3 is 0 Å². The van der Waals surface area contributed by atoms with Crippen molar-refractivity contribution < 1.29 is 0 Å². The number of aromatic nitrogens is 2. The molecular weight excluding hydrogens is 351 g/mol. The van der Waals surface area contributed by atoms with Crippen LogP contribution in [-0.2, 0) is 6.42 Å².